The van der Waals surface area contributed by atoms with E-state index in [0.29, 0.717) is 0 Å². The minimum Gasteiger partial charge on any atom is 0 e. The smallest absolute Gasteiger partial charge is 0 e. The molecule has 0 aliphatic heterocycles. The Hall–Kier alpha value is 2.69. The molecule has 0 N–H and O–H groups in total. The quantitative estimate of drug-likeness (QED) is 0.443. The Morgan fingerprint density at radius 1 is 1.00 bits per heavy atom. The van der Waals surface area contributed by atoms with Crippen molar-refractivity contribution in [3.8, 4) is 0 Å². The van der Waals surface area contributed by atoms with Crippen molar-refractivity contribution >= 4 is 0 Å². The fraction of sp³-hybridized carbons (Fsp3) is 0. The summed E-state index contributed by atoms with van der Waals surface area (Å²) in [6.45, 7) is 0. The maximum absolute atomic E-state index is 0. The van der Waals surface area contributed by atoms with Gasteiger partial charge in [0.2, 0.25) is 0 Å². The van der Waals surface area contributed by atoms with Crippen LogP contribution in [0.2, 0.25) is 0 Å². The van der Waals surface area contributed by atoms with Gasteiger partial charge in [-0.05, 0) is 0 Å². The van der Waals surface area contributed by atoms with Crippen molar-refractivity contribution in [1.82, 2.24) is 0 Å². The third-order valence-electron chi connectivity index (χ3n) is 0. The molecule has 0 nitrogen and oxygen atoms in total. The average molecular weight is 464 g/mol. The molecule has 0 aromatic carbocycles. The molecule has 0 unspecified atom stereocenters. The molecular formula is AgAuCuMo. The van der Waals surface area contributed by atoms with Crippen molar-refractivity contribution in [3.05, 3.63) is 0 Å². The first kappa shape index (κ1) is 29.9. The van der Waals surface area contributed by atoms with E-state index in [9.17, 15) is 0 Å². The maximum atomic E-state index is 0. The number of hydrogen-bond donors (Lipinski definition) is 0. The van der Waals surface area contributed by atoms with Crippen molar-refractivity contribution in [2.75, 3.05) is 0 Å². The first-order valence-electron chi connectivity index (χ1n) is 0. The third-order valence-corrected chi connectivity index (χ3v) is 0. The van der Waals surface area contributed by atoms with Gasteiger partial charge >= 0.3 is 0 Å². The van der Waals surface area contributed by atoms with Gasteiger partial charge in [0.15, 0.2) is 0 Å². The summed E-state index contributed by atoms with van der Waals surface area (Å²) in [6.07, 6.45) is 0. The molecule has 0 atom stereocenters. The average Bonchev–Trinajstić information content (AvgIpc) is 0. The van der Waals surface area contributed by atoms with Gasteiger partial charge in [0, 0.05) is 82.9 Å². The minimum atomic E-state index is 0. The summed E-state index contributed by atoms with van der Waals surface area (Å²) in [6, 6.07) is 0. The van der Waals surface area contributed by atoms with E-state index in [0.717, 1.165) is 0 Å². The maximum Gasteiger partial charge on any atom is 0 e. The van der Waals surface area contributed by atoms with Gasteiger partial charge in [0.05, 0.1) is 0 Å². The Balaban J connectivity index is 0. The Kier molecular flexibility index (Phi) is 130. The van der Waals surface area contributed by atoms with E-state index in [2.05, 4.69) is 0 Å². The topological polar surface area (TPSA) is 0 Å². The first-order valence-corrected chi connectivity index (χ1v) is 0. The van der Waals surface area contributed by atoms with Crippen LogP contribution in [0.25, 0.3) is 0 Å². The van der Waals surface area contributed by atoms with E-state index < -0.39 is 0 Å². The Bertz CT molecular complexity index is 8.00. The second kappa shape index (κ2) is 17.3. The van der Waals surface area contributed by atoms with E-state index in [1.165, 1.54) is 0 Å². The van der Waals surface area contributed by atoms with Crippen LogP contribution < -0.4 is 0 Å². The molecule has 3 radical (unpaired) electrons. The Labute approximate surface area is 81.6 Å². The molecule has 0 aliphatic rings. The van der Waals surface area contributed by atoms with E-state index >= 15 is 0 Å². The van der Waals surface area contributed by atoms with Gasteiger partial charge in [-0.25, -0.2) is 0 Å². The summed E-state index contributed by atoms with van der Waals surface area (Å²) in [5.74, 6) is 0. The van der Waals surface area contributed by atoms with Crippen LogP contribution in [0.4, 0.5) is 0 Å². The standard InChI is InChI=1S/Ag.Au.Cu.Mo. The van der Waals surface area contributed by atoms with Crippen molar-refractivity contribution in [2.45, 2.75) is 0 Å². The first-order chi connectivity index (χ1) is 0. The molecular weight excluding hydrogens is 464 g/mol. The van der Waals surface area contributed by atoms with Crippen molar-refractivity contribution in [1.29, 1.82) is 0 Å². The van der Waals surface area contributed by atoms with Gasteiger partial charge in [-0.3, -0.25) is 0 Å². The summed E-state index contributed by atoms with van der Waals surface area (Å²) in [5, 5.41) is 0. The molecule has 0 aromatic heterocycles. The summed E-state index contributed by atoms with van der Waals surface area (Å²) in [7, 11) is 0. The molecule has 0 spiro atoms. The van der Waals surface area contributed by atoms with E-state index in [1.807, 2.05) is 0 Å². The zero-order chi connectivity index (χ0) is 0. The molecule has 0 saturated heterocycles. The molecule has 0 heterocycles. The van der Waals surface area contributed by atoms with Crippen molar-refractivity contribution < 1.29 is 82.9 Å². The number of rotatable bonds is 0. The minimum absolute atomic E-state index is 0. The van der Waals surface area contributed by atoms with E-state index in [1.54, 1.807) is 0 Å². The zero-order valence-corrected chi connectivity index (χ0v) is 7.91. The van der Waals surface area contributed by atoms with E-state index in [4.69, 9.17) is 0 Å². The van der Waals surface area contributed by atoms with Gasteiger partial charge in [-0.1, -0.05) is 0 Å². The van der Waals surface area contributed by atoms with Crippen LogP contribution >= 0.6 is 0 Å². The molecule has 0 bridgehead atoms. The molecule has 0 amide bonds. The molecule has 0 aliphatic carbocycles. The second-order valence-electron chi connectivity index (χ2n) is 0. The zero-order valence-electron chi connectivity index (χ0n) is 1.31. The molecule has 0 rings (SSSR count). The molecule has 4 heavy (non-hydrogen) atoms. The second-order valence-corrected chi connectivity index (χ2v) is 0. The molecule has 0 aromatic rings. The number of hydrogen-bond acceptors (Lipinski definition) is 0. The largest absolute Gasteiger partial charge is 0 e. The fourth-order valence-corrected chi connectivity index (χ4v) is 0. The Morgan fingerprint density at radius 3 is 1.00 bits per heavy atom. The van der Waals surface area contributed by atoms with Gasteiger partial charge in [0.25, 0.3) is 0 Å². The van der Waals surface area contributed by atoms with Crippen LogP contribution in [0.3, 0.4) is 0 Å². The molecule has 0 fully saturated rings. The van der Waals surface area contributed by atoms with Crippen LogP contribution in [-0.2, 0) is 82.9 Å². The predicted molar refractivity (Wildman–Crippen MR) is 0 cm³/mol. The third kappa shape index (κ3) is 8.82. The molecule has 0 saturated carbocycles. The van der Waals surface area contributed by atoms with Gasteiger partial charge in [0.1, 0.15) is 0 Å². The van der Waals surface area contributed by atoms with Crippen LogP contribution in [0, 0.1) is 0 Å². The summed E-state index contributed by atoms with van der Waals surface area (Å²) >= 11 is 0. The van der Waals surface area contributed by atoms with Crippen LogP contribution in [-0.4, -0.2) is 0 Å². The normalized spacial score (nSPS) is 0. The summed E-state index contributed by atoms with van der Waals surface area (Å²) < 4.78 is 0. The van der Waals surface area contributed by atoms with Crippen LogP contribution in [0.15, 0.2) is 0 Å². The molecule has 39 valence electrons. The fourth-order valence-electron chi connectivity index (χ4n) is 0. The monoisotopic (exact) mass is 465 g/mol. The van der Waals surface area contributed by atoms with Crippen LogP contribution in [0.5, 0.6) is 0 Å². The van der Waals surface area contributed by atoms with Gasteiger partial charge in [-0.2, -0.15) is 0 Å². The van der Waals surface area contributed by atoms with E-state index in [-0.39, 0.29) is 82.9 Å². The predicted octanol–water partition coefficient (Wildman–Crippen LogP) is -0.0100. The van der Waals surface area contributed by atoms with Crippen LogP contribution in [0.1, 0.15) is 0 Å². The SMILES string of the molecule is [Ag].[Au].[Cu].[Mo]. The summed E-state index contributed by atoms with van der Waals surface area (Å²) in [4.78, 5) is 0. The van der Waals surface area contributed by atoms with Crippen molar-refractivity contribution in [2.24, 2.45) is 0 Å². The van der Waals surface area contributed by atoms with Gasteiger partial charge in [-0.15, -0.1) is 0 Å². The van der Waals surface area contributed by atoms with Gasteiger partial charge < -0.3 is 0 Å². The molecule has 4 heteroatoms. The Morgan fingerprint density at radius 2 is 1.00 bits per heavy atom. The summed E-state index contributed by atoms with van der Waals surface area (Å²) in [5.41, 5.74) is 0. The van der Waals surface area contributed by atoms with Crippen molar-refractivity contribution in [3.63, 3.8) is 0 Å².